The van der Waals surface area contributed by atoms with Crippen LogP contribution in [0, 0.1) is 0 Å². The highest BCUT2D eigenvalue weighted by atomic mass is 32.2. The quantitative estimate of drug-likeness (QED) is 0.599. The van der Waals surface area contributed by atoms with Gasteiger partial charge in [0.25, 0.3) is 5.56 Å². The third-order valence-corrected chi connectivity index (χ3v) is 4.36. The van der Waals surface area contributed by atoms with Gasteiger partial charge in [-0.2, -0.15) is 4.68 Å². The van der Waals surface area contributed by atoms with E-state index in [0.717, 1.165) is 18.3 Å². The first-order chi connectivity index (χ1) is 10.3. The zero-order chi connectivity index (χ0) is 14.7. The van der Waals surface area contributed by atoms with E-state index in [2.05, 4.69) is 15.0 Å². The van der Waals surface area contributed by atoms with E-state index in [9.17, 15) is 4.79 Å². The smallest absolute Gasteiger partial charge is 0.281 e. The Morgan fingerprint density at radius 1 is 1.24 bits per heavy atom. The van der Waals surface area contributed by atoms with Crippen LogP contribution in [0.1, 0.15) is 19.3 Å². The van der Waals surface area contributed by atoms with Crippen molar-refractivity contribution in [2.75, 3.05) is 19.3 Å². The zero-order valence-corrected chi connectivity index (χ0v) is 12.8. The zero-order valence-electron chi connectivity index (χ0n) is 12.0. The van der Waals surface area contributed by atoms with Crippen LogP contribution in [-0.2, 0) is 0 Å². The van der Waals surface area contributed by atoms with Crippen molar-refractivity contribution in [1.29, 1.82) is 0 Å². The Morgan fingerprint density at radius 3 is 2.76 bits per heavy atom. The second-order valence-electron chi connectivity index (χ2n) is 5.05. The lowest BCUT2D eigenvalue weighted by molar-refractivity contribution is 0.346. The van der Waals surface area contributed by atoms with E-state index < -0.39 is 0 Å². The lowest BCUT2D eigenvalue weighted by Gasteiger charge is -2.28. The molecule has 0 aliphatic carbocycles. The van der Waals surface area contributed by atoms with Crippen LogP contribution >= 0.6 is 11.8 Å². The molecular weight excluding hydrogens is 284 g/mol. The van der Waals surface area contributed by atoms with Gasteiger partial charge in [0.2, 0.25) is 0 Å². The van der Waals surface area contributed by atoms with Crippen molar-refractivity contribution in [3.63, 3.8) is 0 Å². The molecule has 1 aromatic heterocycles. The lowest BCUT2D eigenvalue weighted by atomic mass is 10.1. The third kappa shape index (κ3) is 2.95. The molecule has 0 amide bonds. The van der Waals surface area contributed by atoms with E-state index in [-0.39, 0.29) is 5.56 Å². The van der Waals surface area contributed by atoms with Gasteiger partial charge in [0, 0.05) is 13.1 Å². The van der Waals surface area contributed by atoms with Crippen molar-refractivity contribution in [3.8, 4) is 0 Å². The number of rotatable bonds is 1. The molecule has 1 fully saturated rings. The van der Waals surface area contributed by atoms with E-state index in [1.807, 2.05) is 24.5 Å². The van der Waals surface area contributed by atoms with Gasteiger partial charge >= 0.3 is 0 Å². The number of hydrogen-bond donors (Lipinski definition) is 0. The average molecular weight is 302 g/mol. The number of amidine groups is 1. The molecule has 0 bridgehead atoms. The van der Waals surface area contributed by atoms with Gasteiger partial charge in [-0.05, 0) is 37.7 Å². The van der Waals surface area contributed by atoms with Crippen LogP contribution in [0.15, 0.2) is 40.5 Å². The molecule has 0 unspecified atom stereocenters. The molecule has 1 aliphatic heterocycles. The maximum absolute atomic E-state index is 12.5. The van der Waals surface area contributed by atoms with Crippen LogP contribution in [0.3, 0.4) is 0 Å². The van der Waals surface area contributed by atoms with Crippen molar-refractivity contribution in [2.24, 2.45) is 5.10 Å². The Hall–Kier alpha value is -1.82. The van der Waals surface area contributed by atoms with Crippen molar-refractivity contribution < 1.29 is 0 Å². The molecule has 21 heavy (non-hydrogen) atoms. The first-order valence-electron chi connectivity index (χ1n) is 7.14. The summed E-state index contributed by atoms with van der Waals surface area (Å²) in [4.78, 5) is 19.0. The lowest BCUT2D eigenvalue weighted by Crippen LogP contribution is -2.35. The molecular formula is C15H18N4OS. The normalized spacial score (nSPS) is 16.4. The Morgan fingerprint density at radius 2 is 2.00 bits per heavy atom. The number of hydrogen-bond acceptors (Lipinski definition) is 4. The molecule has 3 rings (SSSR count). The SMILES string of the molecule is CS/C(=N\n1cnc2ccccc2c1=O)N1CCCCC1. The molecule has 6 heteroatoms. The van der Waals surface area contributed by atoms with E-state index in [1.165, 1.54) is 30.3 Å². The predicted molar refractivity (Wildman–Crippen MR) is 87.8 cm³/mol. The topological polar surface area (TPSA) is 50.5 Å². The first-order valence-corrected chi connectivity index (χ1v) is 8.36. The van der Waals surface area contributed by atoms with E-state index in [1.54, 1.807) is 17.8 Å². The Bertz CT molecular complexity index is 719. The standard InChI is InChI=1S/C15H18N4OS/c1-21-15(18-9-5-2-6-10-18)17-19-11-16-13-8-4-3-7-12(13)14(19)20/h3-4,7-8,11H,2,5-6,9-10H2,1H3/b17-15-. The fourth-order valence-corrected chi connectivity index (χ4v) is 3.15. The molecule has 1 aliphatic rings. The highest BCUT2D eigenvalue weighted by Gasteiger charge is 2.15. The predicted octanol–water partition coefficient (Wildman–Crippen LogP) is 2.36. The second-order valence-corrected chi connectivity index (χ2v) is 5.82. The summed E-state index contributed by atoms with van der Waals surface area (Å²) < 4.78 is 1.35. The summed E-state index contributed by atoms with van der Waals surface area (Å²) in [5.41, 5.74) is 0.585. The second kappa shape index (κ2) is 6.30. The minimum Gasteiger partial charge on any atom is -0.350 e. The number of fused-ring (bicyclic) bond motifs is 1. The van der Waals surface area contributed by atoms with Crippen LogP contribution in [0.5, 0.6) is 0 Å². The highest BCUT2D eigenvalue weighted by Crippen LogP contribution is 2.14. The minimum atomic E-state index is -0.121. The van der Waals surface area contributed by atoms with Gasteiger partial charge in [0.05, 0.1) is 10.9 Å². The molecule has 5 nitrogen and oxygen atoms in total. The maximum atomic E-state index is 12.5. The number of aromatic nitrogens is 2. The van der Waals surface area contributed by atoms with Crippen LogP contribution < -0.4 is 5.56 Å². The van der Waals surface area contributed by atoms with Crippen molar-refractivity contribution in [2.45, 2.75) is 19.3 Å². The number of piperidine rings is 1. The summed E-state index contributed by atoms with van der Waals surface area (Å²) in [6, 6.07) is 7.35. The summed E-state index contributed by atoms with van der Waals surface area (Å²) in [6.45, 7) is 2.02. The number of para-hydroxylation sites is 1. The summed E-state index contributed by atoms with van der Waals surface area (Å²) in [5.74, 6) is 0. The molecule has 0 spiro atoms. The Labute approximate surface area is 127 Å². The van der Waals surface area contributed by atoms with Crippen molar-refractivity contribution >= 4 is 27.8 Å². The van der Waals surface area contributed by atoms with E-state index in [4.69, 9.17) is 0 Å². The van der Waals surface area contributed by atoms with Crippen LogP contribution in [0.25, 0.3) is 10.9 Å². The van der Waals surface area contributed by atoms with Gasteiger partial charge in [0.1, 0.15) is 6.33 Å². The molecule has 0 N–H and O–H groups in total. The molecule has 2 aromatic rings. The summed E-state index contributed by atoms with van der Waals surface area (Å²) in [5, 5.41) is 5.98. The number of thioether (sulfide) groups is 1. The third-order valence-electron chi connectivity index (χ3n) is 3.65. The molecule has 110 valence electrons. The first kappa shape index (κ1) is 14.1. The molecule has 0 radical (unpaired) electrons. The van der Waals surface area contributed by atoms with Gasteiger partial charge in [-0.25, -0.2) is 4.98 Å². The Kier molecular flexibility index (Phi) is 4.24. The van der Waals surface area contributed by atoms with Crippen LogP contribution in [-0.4, -0.2) is 39.1 Å². The minimum absolute atomic E-state index is 0.121. The summed E-state index contributed by atoms with van der Waals surface area (Å²) in [6.07, 6.45) is 7.14. The highest BCUT2D eigenvalue weighted by molar-refractivity contribution is 8.13. The number of benzene rings is 1. The molecule has 0 saturated carbocycles. The molecule has 0 atom stereocenters. The van der Waals surface area contributed by atoms with Gasteiger partial charge in [0.15, 0.2) is 5.17 Å². The van der Waals surface area contributed by atoms with Crippen LogP contribution in [0.4, 0.5) is 0 Å². The van der Waals surface area contributed by atoms with Gasteiger partial charge in [-0.1, -0.05) is 23.9 Å². The number of likely N-dealkylation sites (tertiary alicyclic amines) is 1. The Balaban J connectivity index is 2.00. The molecule has 1 aromatic carbocycles. The van der Waals surface area contributed by atoms with Gasteiger partial charge in [-0.15, -0.1) is 5.10 Å². The summed E-state index contributed by atoms with van der Waals surface area (Å²) in [7, 11) is 0. The largest absolute Gasteiger partial charge is 0.350 e. The fraction of sp³-hybridized carbons (Fsp3) is 0.400. The monoisotopic (exact) mass is 302 g/mol. The molecule has 1 saturated heterocycles. The van der Waals surface area contributed by atoms with Crippen LogP contribution in [0.2, 0.25) is 0 Å². The van der Waals surface area contributed by atoms with E-state index >= 15 is 0 Å². The van der Waals surface area contributed by atoms with Crippen molar-refractivity contribution in [1.82, 2.24) is 14.6 Å². The van der Waals surface area contributed by atoms with E-state index in [0.29, 0.717) is 10.9 Å². The van der Waals surface area contributed by atoms with Gasteiger partial charge in [-0.3, -0.25) is 4.79 Å². The van der Waals surface area contributed by atoms with Crippen molar-refractivity contribution in [3.05, 3.63) is 40.9 Å². The maximum Gasteiger partial charge on any atom is 0.281 e. The average Bonchev–Trinajstić information content (AvgIpc) is 2.55. The number of nitrogens with zero attached hydrogens (tertiary/aromatic N) is 4. The fourth-order valence-electron chi connectivity index (χ4n) is 2.54. The summed E-state index contributed by atoms with van der Waals surface area (Å²) >= 11 is 1.57. The molecule has 2 heterocycles. The van der Waals surface area contributed by atoms with Gasteiger partial charge < -0.3 is 4.90 Å².